The van der Waals surface area contributed by atoms with Gasteiger partial charge in [0.25, 0.3) is 5.91 Å². The summed E-state index contributed by atoms with van der Waals surface area (Å²) in [6.45, 7) is 6.63. The van der Waals surface area contributed by atoms with E-state index in [0.29, 0.717) is 37.2 Å². The van der Waals surface area contributed by atoms with Gasteiger partial charge in [0.2, 0.25) is 0 Å². The fourth-order valence-corrected chi connectivity index (χ4v) is 7.16. The normalized spacial score (nSPS) is 20.1. The number of nitrogens with zero attached hydrogens (tertiary/aromatic N) is 5. The van der Waals surface area contributed by atoms with Crippen LogP contribution in [-0.2, 0) is 13.1 Å². The molecule has 1 atom stereocenters. The molecule has 0 bridgehead atoms. The third-order valence-electron chi connectivity index (χ3n) is 8.49. The van der Waals surface area contributed by atoms with Crippen LogP contribution in [0.5, 0.6) is 11.8 Å². The molecule has 1 aromatic heterocycles. The van der Waals surface area contributed by atoms with Crippen LogP contribution in [0.1, 0.15) is 60.6 Å². The van der Waals surface area contributed by atoms with Crippen molar-refractivity contribution in [3.63, 3.8) is 0 Å². The number of ether oxygens (including phenoxy) is 1. The lowest BCUT2D eigenvalue weighted by molar-refractivity contribution is 0.0752. The molecule has 2 aliphatic heterocycles. The third-order valence-corrected chi connectivity index (χ3v) is 9.39. The van der Waals surface area contributed by atoms with E-state index >= 15 is 0 Å². The number of carbonyl (C=O) groups excluding carboxylic acids is 1. The number of halogens is 1. The Bertz CT molecular complexity index is 1440. The summed E-state index contributed by atoms with van der Waals surface area (Å²) in [6, 6.07) is 9.59. The molecule has 3 aromatic rings. The Hall–Kier alpha value is -2.66. The summed E-state index contributed by atoms with van der Waals surface area (Å²) in [5, 5.41) is 12.2. The number of aromatic nitrogens is 2. The predicted octanol–water partition coefficient (Wildman–Crippen LogP) is 5.44. The van der Waals surface area contributed by atoms with Crippen molar-refractivity contribution < 1.29 is 14.6 Å². The fourth-order valence-electron chi connectivity index (χ4n) is 6.35. The number of phenolic OH excluding ortho intramolecular Hbond substituents is 1. The van der Waals surface area contributed by atoms with Gasteiger partial charge in [0.05, 0.1) is 31.0 Å². The summed E-state index contributed by atoms with van der Waals surface area (Å²) >= 11 is 2.26. The van der Waals surface area contributed by atoms with Crippen LogP contribution >= 0.6 is 22.6 Å². The van der Waals surface area contributed by atoms with Gasteiger partial charge < -0.3 is 24.5 Å². The Morgan fingerprint density at radius 3 is 2.80 bits per heavy atom. The highest BCUT2D eigenvalue weighted by Gasteiger charge is 2.44. The third kappa shape index (κ3) is 5.59. The molecule has 1 saturated heterocycles. The van der Waals surface area contributed by atoms with Crippen LogP contribution < -0.4 is 9.64 Å². The largest absolute Gasteiger partial charge is 0.508 e. The summed E-state index contributed by atoms with van der Waals surface area (Å²) in [6.07, 6.45) is 5.88. The van der Waals surface area contributed by atoms with E-state index in [1.54, 1.807) is 12.1 Å². The van der Waals surface area contributed by atoms with E-state index in [-0.39, 0.29) is 17.1 Å². The molecule has 1 unspecified atom stereocenters. The van der Waals surface area contributed by atoms with Gasteiger partial charge >= 0.3 is 6.01 Å². The minimum atomic E-state index is -0.108. The number of hydrogen-bond donors (Lipinski definition) is 1. The number of fused-ring (bicyclic) bond motifs is 2. The molecule has 1 amide bonds. The van der Waals surface area contributed by atoms with Crippen molar-refractivity contribution in [3.8, 4) is 11.8 Å². The number of anilines is 1. The van der Waals surface area contributed by atoms with Crippen LogP contribution in [0.2, 0.25) is 0 Å². The molecule has 9 heteroatoms. The molecular formula is C31H38IN5O3. The van der Waals surface area contributed by atoms with E-state index in [9.17, 15) is 9.90 Å². The summed E-state index contributed by atoms with van der Waals surface area (Å²) in [4.78, 5) is 30.3. The molecule has 40 heavy (non-hydrogen) atoms. The molecular weight excluding hydrogens is 617 g/mol. The minimum absolute atomic E-state index is 0.0935. The highest BCUT2D eigenvalue weighted by Crippen LogP contribution is 2.46. The number of carbonyl (C=O) groups is 1. The van der Waals surface area contributed by atoms with Crippen molar-refractivity contribution >= 4 is 45.1 Å². The van der Waals surface area contributed by atoms with E-state index in [1.807, 2.05) is 23.1 Å². The maximum absolute atomic E-state index is 14.0. The van der Waals surface area contributed by atoms with Gasteiger partial charge in [-0.25, -0.2) is 0 Å². The first-order chi connectivity index (χ1) is 19.2. The highest BCUT2D eigenvalue weighted by molar-refractivity contribution is 14.1. The summed E-state index contributed by atoms with van der Waals surface area (Å²) in [5.74, 6) is 1.48. The highest BCUT2D eigenvalue weighted by atomic mass is 127. The molecule has 8 nitrogen and oxygen atoms in total. The number of benzene rings is 2. The van der Waals surface area contributed by atoms with Gasteiger partial charge in [-0.2, -0.15) is 9.97 Å². The van der Waals surface area contributed by atoms with E-state index in [4.69, 9.17) is 14.7 Å². The Morgan fingerprint density at radius 2 is 2.02 bits per heavy atom. The Balaban J connectivity index is 1.33. The van der Waals surface area contributed by atoms with Gasteiger partial charge in [0.1, 0.15) is 11.6 Å². The van der Waals surface area contributed by atoms with Gasteiger partial charge in [-0.05, 0) is 91.9 Å². The quantitative estimate of drug-likeness (QED) is 0.340. The molecule has 3 heterocycles. The monoisotopic (exact) mass is 655 g/mol. The molecule has 212 valence electrons. The first-order valence-electron chi connectivity index (χ1n) is 14.3. The second-order valence-electron chi connectivity index (χ2n) is 12.3. The van der Waals surface area contributed by atoms with Crippen LogP contribution in [0.15, 0.2) is 30.3 Å². The zero-order valence-corrected chi connectivity index (χ0v) is 25.8. The summed E-state index contributed by atoms with van der Waals surface area (Å²) in [5.41, 5.74) is 2.57. The molecule has 1 N–H and O–H groups in total. The van der Waals surface area contributed by atoms with E-state index in [2.05, 4.69) is 53.4 Å². The summed E-state index contributed by atoms with van der Waals surface area (Å²) in [7, 11) is 4.21. The molecule has 2 aromatic carbocycles. The van der Waals surface area contributed by atoms with Crippen molar-refractivity contribution in [2.45, 2.75) is 52.1 Å². The molecule has 0 spiro atoms. The van der Waals surface area contributed by atoms with Crippen molar-refractivity contribution in [2.24, 2.45) is 11.3 Å². The first-order valence-corrected chi connectivity index (χ1v) is 15.4. The van der Waals surface area contributed by atoms with E-state index < -0.39 is 0 Å². The number of hydrogen-bond acceptors (Lipinski definition) is 7. The van der Waals surface area contributed by atoms with Gasteiger partial charge in [-0.1, -0.05) is 25.5 Å². The summed E-state index contributed by atoms with van der Waals surface area (Å²) < 4.78 is 7.29. The Morgan fingerprint density at radius 1 is 1.20 bits per heavy atom. The Labute approximate surface area is 249 Å². The second-order valence-corrected chi connectivity index (χ2v) is 13.5. The predicted molar refractivity (Wildman–Crippen MR) is 165 cm³/mol. The first kappa shape index (κ1) is 27.5. The standard InChI is InChI=1S/C31H38IN5O3/c1-20-7-4-5-12-36(15-20)28-24-16-37(29(39)23-14-22(38)13-21-8-6-9-25(32)27(21)23)17-26(24)33-30(34-28)40-19-31(10-11-31)18-35(2)3/h6,8-9,13-14,20,38H,4-5,7,10-12,15-19H2,1-3H3. The number of phenols is 1. The topological polar surface area (TPSA) is 82.0 Å². The average Bonchev–Trinajstić information content (AvgIpc) is 3.59. The SMILES string of the molecule is CC1CCCCN(c2nc(OCC3(CN(C)C)CC3)nc3c2CN(C(=O)c2cc(O)cc4cccc(I)c24)C3)C1. The molecule has 6 rings (SSSR count). The maximum atomic E-state index is 14.0. The smallest absolute Gasteiger partial charge is 0.318 e. The van der Waals surface area contributed by atoms with Crippen LogP contribution in [0.3, 0.4) is 0 Å². The molecule has 2 fully saturated rings. The van der Waals surface area contributed by atoms with Crippen molar-refractivity contribution in [3.05, 3.63) is 50.7 Å². The van der Waals surface area contributed by atoms with Crippen LogP contribution in [0.4, 0.5) is 5.82 Å². The number of amides is 1. The van der Waals surface area contributed by atoms with Gasteiger partial charge in [-0.15, -0.1) is 0 Å². The molecule has 1 aliphatic carbocycles. The molecule has 1 saturated carbocycles. The minimum Gasteiger partial charge on any atom is -0.508 e. The zero-order valence-electron chi connectivity index (χ0n) is 23.6. The van der Waals surface area contributed by atoms with Gasteiger partial charge in [-0.3, -0.25) is 4.79 Å². The van der Waals surface area contributed by atoms with Gasteiger partial charge in [0.15, 0.2) is 0 Å². The van der Waals surface area contributed by atoms with E-state index in [0.717, 1.165) is 70.3 Å². The number of rotatable bonds is 7. The van der Waals surface area contributed by atoms with Crippen LogP contribution in [-0.4, -0.2) is 71.1 Å². The Kier molecular flexibility index (Phi) is 7.54. The zero-order chi connectivity index (χ0) is 28.0. The fraction of sp³-hybridized carbons (Fsp3) is 0.516. The van der Waals surface area contributed by atoms with Crippen molar-refractivity contribution in [1.29, 1.82) is 0 Å². The molecule has 0 radical (unpaired) electrons. The van der Waals surface area contributed by atoms with Gasteiger partial charge in [0, 0.05) is 39.6 Å². The number of aromatic hydroxyl groups is 1. The lowest BCUT2D eigenvalue weighted by atomic mass is 10.0. The van der Waals surface area contributed by atoms with Crippen molar-refractivity contribution in [1.82, 2.24) is 19.8 Å². The second kappa shape index (κ2) is 11.0. The average molecular weight is 656 g/mol. The lowest BCUT2D eigenvalue weighted by Crippen LogP contribution is -2.30. The van der Waals surface area contributed by atoms with Crippen LogP contribution in [0, 0.1) is 14.9 Å². The maximum Gasteiger partial charge on any atom is 0.318 e. The van der Waals surface area contributed by atoms with Crippen molar-refractivity contribution in [2.75, 3.05) is 45.2 Å². The van der Waals surface area contributed by atoms with E-state index in [1.165, 1.54) is 12.8 Å². The lowest BCUT2D eigenvalue weighted by Gasteiger charge is -2.26. The van der Waals surface area contributed by atoms with Crippen LogP contribution in [0.25, 0.3) is 10.8 Å². The molecule has 3 aliphatic rings.